The third kappa shape index (κ3) is 2.42. The van der Waals surface area contributed by atoms with Crippen molar-refractivity contribution in [1.82, 2.24) is 0 Å². The molecule has 1 heterocycles. The second kappa shape index (κ2) is 5.47. The minimum absolute atomic E-state index is 0.134. The molecule has 0 radical (unpaired) electrons. The number of fused-ring (bicyclic) bond motifs is 1. The number of benzene rings is 1. The van der Waals surface area contributed by atoms with Crippen molar-refractivity contribution in [1.29, 1.82) is 0 Å². The Hall–Kier alpha value is -1.13. The molecule has 1 aliphatic rings. The van der Waals surface area contributed by atoms with E-state index in [-0.39, 0.29) is 6.61 Å². The summed E-state index contributed by atoms with van der Waals surface area (Å²) in [5.41, 5.74) is 0.927. The molecule has 0 saturated carbocycles. The number of aliphatic hydroxyl groups excluding tert-OH is 1. The molecule has 2 rings (SSSR count). The first-order valence-electron chi connectivity index (χ1n) is 5.53. The highest BCUT2D eigenvalue weighted by atomic mass is 35.5. The fourth-order valence-corrected chi connectivity index (χ4v) is 2.20. The number of rotatable bonds is 4. The van der Waals surface area contributed by atoms with Gasteiger partial charge in [-0.05, 0) is 24.5 Å². The molecule has 4 nitrogen and oxygen atoms in total. The lowest BCUT2D eigenvalue weighted by atomic mass is 10.1. The highest BCUT2D eigenvalue weighted by Gasteiger charge is 2.22. The third-order valence-corrected chi connectivity index (χ3v) is 2.96. The average molecular weight is 259 g/mol. The smallest absolute Gasteiger partial charge is 0.183 e. The minimum Gasteiger partial charge on any atom is -0.495 e. The van der Waals surface area contributed by atoms with Crippen LogP contribution in [0.3, 0.4) is 0 Å². The zero-order valence-corrected chi connectivity index (χ0v) is 10.4. The van der Waals surface area contributed by atoms with Crippen molar-refractivity contribution >= 4 is 11.6 Å². The van der Waals surface area contributed by atoms with Gasteiger partial charge in [0.05, 0.1) is 7.11 Å². The van der Waals surface area contributed by atoms with Crippen LogP contribution in [0.2, 0.25) is 5.02 Å². The number of aliphatic hydroxyl groups is 1. The molecule has 0 fully saturated rings. The first-order chi connectivity index (χ1) is 8.27. The van der Waals surface area contributed by atoms with Crippen LogP contribution >= 0.6 is 11.6 Å². The Bertz CT molecular complexity index is 406. The van der Waals surface area contributed by atoms with Crippen molar-refractivity contribution in [2.75, 3.05) is 26.9 Å². The van der Waals surface area contributed by atoms with E-state index in [1.807, 2.05) is 6.07 Å². The normalized spacial score (nSPS) is 13.6. The van der Waals surface area contributed by atoms with Gasteiger partial charge in [0.2, 0.25) is 0 Å². The van der Waals surface area contributed by atoms with E-state index in [1.165, 1.54) is 0 Å². The van der Waals surface area contributed by atoms with Crippen LogP contribution in [0, 0.1) is 0 Å². The van der Waals surface area contributed by atoms with Crippen LogP contribution < -0.4 is 14.2 Å². The molecular weight excluding hydrogens is 244 g/mol. The Balaban J connectivity index is 2.40. The lowest BCUT2D eigenvalue weighted by Crippen LogP contribution is -2.16. The Kier molecular flexibility index (Phi) is 3.97. The number of ether oxygens (including phenoxy) is 3. The number of hydrogen-bond acceptors (Lipinski definition) is 4. The molecule has 1 aliphatic heterocycles. The molecule has 0 aromatic heterocycles. The van der Waals surface area contributed by atoms with Crippen LogP contribution in [0.1, 0.15) is 12.0 Å². The Morgan fingerprint density at radius 3 is 2.88 bits per heavy atom. The summed E-state index contributed by atoms with van der Waals surface area (Å²) in [6.07, 6.45) is 1.35. The minimum atomic E-state index is 0.134. The number of halogens is 1. The van der Waals surface area contributed by atoms with E-state index in [2.05, 4.69) is 0 Å². The van der Waals surface area contributed by atoms with Crippen LogP contribution in [0.5, 0.6) is 17.2 Å². The van der Waals surface area contributed by atoms with Crippen LogP contribution in [0.4, 0.5) is 0 Å². The predicted octanol–water partition coefficient (Wildman–Crippen LogP) is 2.04. The van der Waals surface area contributed by atoms with Gasteiger partial charge in [0.1, 0.15) is 24.0 Å². The molecule has 0 unspecified atom stereocenters. The van der Waals surface area contributed by atoms with E-state index >= 15 is 0 Å². The van der Waals surface area contributed by atoms with Crippen molar-refractivity contribution in [2.24, 2.45) is 0 Å². The molecule has 0 atom stereocenters. The number of methoxy groups -OCH3 is 1. The van der Waals surface area contributed by atoms with Gasteiger partial charge in [-0.25, -0.2) is 0 Å². The van der Waals surface area contributed by atoms with Gasteiger partial charge >= 0.3 is 0 Å². The molecule has 0 aliphatic carbocycles. The number of aryl methyl sites for hydroxylation is 1. The third-order valence-electron chi connectivity index (χ3n) is 2.62. The van der Waals surface area contributed by atoms with Crippen LogP contribution in [-0.4, -0.2) is 32.0 Å². The molecule has 0 bridgehead atoms. The maximum atomic E-state index is 8.87. The standard InChI is InChI=1S/C12H15ClO4/c1-15-11-8(3-2-4-14)7-9-12(10(11)13)17-6-5-16-9/h7,14H,2-6H2,1H3. The Morgan fingerprint density at radius 1 is 1.41 bits per heavy atom. The van der Waals surface area contributed by atoms with E-state index in [1.54, 1.807) is 7.11 Å². The molecule has 0 saturated heterocycles. The largest absolute Gasteiger partial charge is 0.495 e. The maximum absolute atomic E-state index is 8.87. The Morgan fingerprint density at radius 2 is 2.18 bits per heavy atom. The van der Waals surface area contributed by atoms with Gasteiger partial charge in [-0.3, -0.25) is 0 Å². The second-order valence-corrected chi connectivity index (χ2v) is 4.11. The van der Waals surface area contributed by atoms with Gasteiger partial charge < -0.3 is 19.3 Å². The summed E-state index contributed by atoms with van der Waals surface area (Å²) in [4.78, 5) is 0. The van der Waals surface area contributed by atoms with Crippen LogP contribution in [0.15, 0.2) is 6.07 Å². The summed E-state index contributed by atoms with van der Waals surface area (Å²) < 4.78 is 16.3. The van der Waals surface area contributed by atoms with Crippen molar-refractivity contribution in [3.8, 4) is 17.2 Å². The van der Waals surface area contributed by atoms with Gasteiger partial charge in [0.15, 0.2) is 11.5 Å². The zero-order valence-electron chi connectivity index (χ0n) is 9.66. The van der Waals surface area contributed by atoms with E-state index < -0.39 is 0 Å². The van der Waals surface area contributed by atoms with E-state index in [9.17, 15) is 0 Å². The highest BCUT2D eigenvalue weighted by Crippen LogP contribution is 2.45. The van der Waals surface area contributed by atoms with E-state index in [4.69, 9.17) is 30.9 Å². The van der Waals surface area contributed by atoms with Crippen molar-refractivity contribution in [3.05, 3.63) is 16.7 Å². The monoisotopic (exact) mass is 258 g/mol. The fourth-order valence-electron chi connectivity index (χ4n) is 1.85. The molecule has 0 amide bonds. The molecule has 5 heteroatoms. The quantitative estimate of drug-likeness (QED) is 0.898. The van der Waals surface area contributed by atoms with E-state index in [0.29, 0.717) is 48.3 Å². The zero-order chi connectivity index (χ0) is 12.3. The highest BCUT2D eigenvalue weighted by molar-refractivity contribution is 6.34. The summed E-state index contributed by atoms with van der Waals surface area (Å²) in [5, 5.41) is 9.31. The Labute approximate surface area is 105 Å². The van der Waals surface area contributed by atoms with Gasteiger partial charge in [0.25, 0.3) is 0 Å². The molecule has 94 valence electrons. The molecule has 1 aromatic rings. The lowest BCUT2D eigenvalue weighted by Gasteiger charge is -2.22. The van der Waals surface area contributed by atoms with Crippen molar-refractivity contribution < 1.29 is 19.3 Å². The fraction of sp³-hybridized carbons (Fsp3) is 0.500. The van der Waals surface area contributed by atoms with Gasteiger partial charge in [-0.15, -0.1) is 0 Å². The first-order valence-corrected chi connectivity index (χ1v) is 5.91. The summed E-state index contributed by atoms with van der Waals surface area (Å²) >= 11 is 6.22. The van der Waals surface area contributed by atoms with Crippen LogP contribution in [0.25, 0.3) is 0 Å². The summed E-state index contributed by atoms with van der Waals surface area (Å²) in [5.74, 6) is 1.79. The maximum Gasteiger partial charge on any atom is 0.183 e. The topological polar surface area (TPSA) is 47.9 Å². The summed E-state index contributed by atoms with van der Waals surface area (Å²) in [7, 11) is 1.57. The van der Waals surface area contributed by atoms with Gasteiger partial charge in [-0.1, -0.05) is 11.6 Å². The molecule has 0 spiro atoms. The van der Waals surface area contributed by atoms with E-state index in [0.717, 1.165) is 5.56 Å². The molecular formula is C12H15ClO4. The van der Waals surface area contributed by atoms with Gasteiger partial charge in [-0.2, -0.15) is 0 Å². The lowest BCUT2D eigenvalue weighted by molar-refractivity contribution is 0.170. The average Bonchev–Trinajstić information content (AvgIpc) is 2.36. The van der Waals surface area contributed by atoms with Crippen LogP contribution in [-0.2, 0) is 6.42 Å². The van der Waals surface area contributed by atoms with Crippen molar-refractivity contribution in [2.45, 2.75) is 12.8 Å². The SMILES string of the molecule is COc1c(CCCO)cc2c(c1Cl)OCCO2. The summed E-state index contributed by atoms with van der Waals surface area (Å²) in [6, 6.07) is 1.87. The van der Waals surface area contributed by atoms with Crippen molar-refractivity contribution in [3.63, 3.8) is 0 Å². The predicted molar refractivity (Wildman–Crippen MR) is 64.4 cm³/mol. The number of hydrogen-bond donors (Lipinski definition) is 1. The summed E-state index contributed by atoms with van der Waals surface area (Å²) in [6.45, 7) is 1.15. The van der Waals surface area contributed by atoms with Gasteiger partial charge in [0, 0.05) is 6.61 Å². The first kappa shape index (κ1) is 12.3. The molecule has 1 aromatic carbocycles. The second-order valence-electron chi connectivity index (χ2n) is 3.73. The molecule has 1 N–H and O–H groups in total. The molecule has 17 heavy (non-hydrogen) atoms.